The maximum absolute atomic E-state index is 13.3. The van der Waals surface area contributed by atoms with Crippen LogP contribution >= 0.6 is 0 Å². The van der Waals surface area contributed by atoms with Crippen LogP contribution in [0.25, 0.3) is 11.1 Å². The van der Waals surface area contributed by atoms with Crippen LogP contribution in [0.3, 0.4) is 0 Å². The van der Waals surface area contributed by atoms with E-state index in [1.807, 2.05) is 0 Å². The second kappa shape index (κ2) is 14.9. The summed E-state index contributed by atoms with van der Waals surface area (Å²) in [5, 5.41) is 3.70. The molecule has 0 unspecified atom stereocenters. The second-order valence-electron chi connectivity index (χ2n) is 9.86. The number of halogens is 6. The molecule has 6 nitrogen and oxygen atoms in total. The number of aromatic nitrogens is 2. The molecule has 1 heterocycles. The Morgan fingerprint density at radius 3 is 2.35 bits per heavy atom. The molecule has 1 fully saturated rings. The molecule has 0 bridgehead atoms. The van der Waals surface area contributed by atoms with E-state index in [9.17, 15) is 31.1 Å². The summed E-state index contributed by atoms with van der Waals surface area (Å²) in [5.41, 5.74) is 0.0771. The summed E-state index contributed by atoms with van der Waals surface area (Å²) in [6, 6.07) is 13.1. The Balaban J connectivity index is 0.00000248. The minimum absolute atomic E-state index is 0.0173. The average Bonchev–Trinajstić information content (AvgIpc) is 3.68. The number of hydrogen-bond acceptors (Lipinski definition) is 5. The van der Waals surface area contributed by atoms with Gasteiger partial charge in [-0.05, 0) is 61.1 Å². The molecule has 12 heteroatoms. The Bertz CT molecular complexity index is 1350. The van der Waals surface area contributed by atoms with Gasteiger partial charge in [-0.15, -0.1) is 13.2 Å². The van der Waals surface area contributed by atoms with Gasteiger partial charge in [-0.2, -0.15) is 26.9 Å². The van der Waals surface area contributed by atoms with Crippen LogP contribution < -0.4 is 9.64 Å². The summed E-state index contributed by atoms with van der Waals surface area (Å²) in [6.07, 6.45) is -2.64. The number of ether oxygens (including phenoxy) is 1. The molecular weight excluding hydrogens is 576 g/mol. The van der Waals surface area contributed by atoms with E-state index >= 15 is 0 Å². The number of unbranched alkanes of at least 4 members (excludes halogenated alkanes) is 2. The van der Waals surface area contributed by atoms with Crippen LogP contribution in [0.4, 0.5) is 32.0 Å². The topological polar surface area (TPSA) is 68.5 Å². The standard InChI is InChI=1S/C29H29F6N3O3.C2H4/c1-19(13-16-30)25(39)38(22-7-5-6-21(18-22)20-9-11-23(12-10-20)40-27(31)32)17-4-2-3-8-24-36-26(41-37-24)28(14-15-28)29(33,34)35;1-2/h5-7,9-12,18,27H,1-4,8,13-17H2;1-2H2. The van der Waals surface area contributed by atoms with Gasteiger partial charge >= 0.3 is 12.8 Å². The molecule has 232 valence electrons. The number of carbonyl (C=O) groups is 1. The van der Waals surface area contributed by atoms with Crippen molar-refractivity contribution < 1.29 is 40.4 Å². The first-order valence-corrected chi connectivity index (χ1v) is 13.6. The van der Waals surface area contributed by atoms with E-state index in [0.29, 0.717) is 36.9 Å². The predicted molar refractivity (Wildman–Crippen MR) is 151 cm³/mol. The van der Waals surface area contributed by atoms with Crippen molar-refractivity contribution in [2.45, 2.75) is 63.1 Å². The van der Waals surface area contributed by atoms with Gasteiger partial charge in [0.25, 0.3) is 5.91 Å². The molecule has 1 amide bonds. The number of aryl methyl sites for hydroxylation is 1. The summed E-state index contributed by atoms with van der Waals surface area (Å²) in [6.45, 7) is 6.34. The van der Waals surface area contributed by atoms with Crippen molar-refractivity contribution >= 4 is 11.6 Å². The molecule has 1 saturated carbocycles. The van der Waals surface area contributed by atoms with Crippen LogP contribution in [0.15, 0.2) is 78.4 Å². The Morgan fingerprint density at radius 1 is 1.05 bits per heavy atom. The summed E-state index contributed by atoms with van der Waals surface area (Å²) in [7, 11) is 0. The average molecular weight is 610 g/mol. The largest absolute Gasteiger partial charge is 0.435 e. The maximum Gasteiger partial charge on any atom is 0.403 e. The van der Waals surface area contributed by atoms with Crippen molar-refractivity contribution in [3.63, 3.8) is 0 Å². The predicted octanol–water partition coefficient (Wildman–Crippen LogP) is 8.40. The van der Waals surface area contributed by atoms with Gasteiger partial charge < -0.3 is 14.2 Å². The minimum atomic E-state index is -4.43. The van der Waals surface area contributed by atoms with E-state index in [1.165, 1.54) is 17.0 Å². The van der Waals surface area contributed by atoms with Gasteiger partial charge in [0, 0.05) is 30.6 Å². The fraction of sp³-hybridized carbons (Fsp3) is 0.387. The van der Waals surface area contributed by atoms with Crippen molar-refractivity contribution in [3.05, 3.63) is 85.6 Å². The lowest BCUT2D eigenvalue weighted by molar-refractivity contribution is -0.166. The van der Waals surface area contributed by atoms with E-state index < -0.39 is 30.8 Å². The van der Waals surface area contributed by atoms with Crippen molar-refractivity contribution in [2.75, 3.05) is 18.1 Å². The Hall–Kier alpha value is -4.09. The molecule has 3 aromatic rings. The lowest BCUT2D eigenvalue weighted by Gasteiger charge is -2.24. The molecule has 0 aliphatic heterocycles. The van der Waals surface area contributed by atoms with Gasteiger partial charge in [0.1, 0.15) is 11.2 Å². The number of carbonyl (C=O) groups excluding carboxylic acids is 1. The molecule has 0 N–H and O–H groups in total. The van der Waals surface area contributed by atoms with Gasteiger partial charge in [0.15, 0.2) is 5.82 Å². The summed E-state index contributed by atoms with van der Waals surface area (Å²) < 4.78 is 87.1. The number of nitrogens with zero attached hydrogens (tertiary/aromatic N) is 3. The fourth-order valence-electron chi connectivity index (χ4n) is 4.47. The Kier molecular flexibility index (Phi) is 11.6. The highest BCUT2D eigenvalue weighted by atomic mass is 19.4. The Morgan fingerprint density at radius 2 is 1.74 bits per heavy atom. The smallest absolute Gasteiger partial charge is 0.403 e. The van der Waals surface area contributed by atoms with E-state index in [0.717, 1.165) is 5.56 Å². The van der Waals surface area contributed by atoms with Gasteiger partial charge in [0.05, 0.1) is 6.67 Å². The quantitative estimate of drug-likeness (QED) is 0.0795. The number of anilines is 1. The highest BCUT2D eigenvalue weighted by Crippen LogP contribution is 2.58. The zero-order valence-electron chi connectivity index (χ0n) is 23.5. The number of rotatable bonds is 14. The monoisotopic (exact) mass is 609 g/mol. The molecule has 0 saturated heterocycles. The zero-order chi connectivity index (χ0) is 31.6. The number of amides is 1. The SMILES string of the molecule is C=C.C=C(CCF)C(=O)N(CCCCCc1noc(C2(C(F)(F)F)CC2)n1)c1cccc(-c2ccc(OC(F)F)cc2)c1. The van der Waals surface area contributed by atoms with Gasteiger partial charge in [-0.3, -0.25) is 9.18 Å². The Labute approximate surface area is 246 Å². The number of hydrogen-bond donors (Lipinski definition) is 0. The third-order valence-corrected chi connectivity index (χ3v) is 6.97. The zero-order valence-corrected chi connectivity index (χ0v) is 23.5. The molecule has 1 aliphatic carbocycles. The summed E-state index contributed by atoms with van der Waals surface area (Å²) in [4.78, 5) is 18.6. The summed E-state index contributed by atoms with van der Waals surface area (Å²) >= 11 is 0. The van der Waals surface area contributed by atoms with E-state index in [4.69, 9.17) is 4.52 Å². The lowest BCUT2D eigenvalue weighted by Crippen LogP contribution is -2.33. The first-order chi connectivity index (χ1) is 20.5. The van der Waals surface area contributed by atoms with Crippen molar-refractivity contribution in [3.8, 4) is 16.9 Å². The van der Waals surface area contributed by atoms with E-state index in [2.05, 4.69) is 34.6 Å². The van der Waals surface area contributed by atoms with Gasteiger partial charge in [-0.25, -0.2) is 0 Å². The number of benzene rings is 2. The van der Waals surface area contributed by atoms with Crippen LogP contribution in [0.2, 0.25) is 0 Å². The molecule has 0 atom stereocenters. The van der Waals surface area contributed by atoms with Crippen molar-refractivity contribution in [2.24, 2.45) is 0 Å². The highest BCUT2D eigenvalue weighted by molar-refractivity contribution is 6.05. The summed E-state index contributed by atoms with van der Waals surface area (Å²) in [5.74, 6) is -0.592. The molecular formula is C31H33F6N3O3. The second-order valence-corrected chi connectivity index (χ2v) is 9.86. The van der Waals surface area contributed by atoms with Crippen LogP contribution in [0.1, 0.15) is 50.2 Å². The third-order valence-electron chi connectivity index (χ3n) is 6.97. The minimum Gasteiger partial charge on any atom is -0.435 e. The van der Waals surface area contributed by atoms with Crippen LogP contribution in [0, 0.1) is 0 Å². The third kappa shape index (κ3) is 8.48. The molecule has 1 aliphatic rings. The van der Waals surface area contributed by atoms with Crippen LogP contribution in [-0.2, 0) is 16.6 Å². The molecule has 2 aromatic carbocycles. The normalized spacial score (nSPS) is 13.7. The maximum atomic E-state index is 13.3. The van der Waals surface area contributed by atoms with Crippen LogP contribution in [0.5, 0.6) is 5.75 Å². The van der Waals surface area contributed by atoms with Gasteiger partial charge in [0.2, 0.25) is 5.89 Å². The lowest BCUT2D eigenvalue weighted by atomic mass is 10.0. The van der Waals surface area contributed by atoms with Gasteiger partial charge in [-0.1, -0.05) is 42.4 Å². The molecule has 0 spiro atoms. The molecule has 4 rings (SSSR count). The molecule has 43 heavy (non-hydrogen) atoms. The first kappa shape index (κ1) is 33.4. The number of alkyl halides is 6. The van der Waals surface area contributed by atoms with E-state index in [1.54, 1.807) is 36.4 Å². The first-order valence-electron chi connectivity index (χ1n) is 13.6. The molecule has 0 radical (unpaired) electrons. The fourth-order valence-corrected chi connectivity index (χ4v) is 4.47. The highest BCUT2D eigenvalue weighted by Gasteiger charge is 2.68. The van der Waals surface area contributed by atoms with Crippen molar-refractivity contribution in [1.82, 2.24) is 10.1 Å². The van der Waals surface area contributed by atoms with Crippen molar-refractivity contribution in [1.29, 1.82) is 0 Å². The van der Waals surface area contributed by atoms with E-state index in [-0.39, 0.29) is 48.8 Å². The molecule has 1 aromatic heterocycles. The van der Waals surface area contributed by atoms with Crippen LogP contribution in [-0.4, -0.2) is 42.1 Å².